The first-order valence-corrected chi connectivity index (χ1v) is 7.00. The maximum Gasteiger partial charge on any atom is 0.231 e. The summed E-state index contributed by atoms with van der Waals surface area (Å²) in [4.78, 5) is 19.3. The Morgan fingerprint density at radius 1 is 1.14 bits per heavy atom. The molecule has 0 aliphatic heterocycles. The van der Waals surface area contributed by atoms with Crippen LogP contribution in [0.15, 0.2) is 10.6 Å². The van der Waals surface area contributed by atoms with Crippen molar-refractivity contribution in [2.75, 3.05) is 35.7 Å². The number of rotatable bonds is 7. The summed E-state index contributed by atoms with van der Waals surface area (Å²) in [5, 5.41) is 6.05. The molecule has 114 valence electrons. The molecule has 2 rings (SSSR count). The van der Waals surface area contributed by atoms with Crippen LogP contribution in [0.1, 0.15) is 25.5 Å². The molecule has 0 aromatic carbocycles. The van der Waals surface area contributed by atoms with Crippen LogP contribution in [0.2, 0.25) is 0 Å². The van der Waals surface area contributed by atoms with E-state index in [-0.39, 0.29) is 0 Å². The van der Waals surface area contributed by atoms with Crippen LogP contribution < -0.4 is 15.5 Å². The summed E-state index contributed by atoms with van der Waals surface area (Å²) in [6, 6.07) is 0. The minimum atomic E-state index is 0.429. The van der Waals surface area contributed by atoms with Crippen molar-refractivity contribution in [3.05, 3.63) is 17.8 Å². The van der Waals surface area contributed by atoms with Crippen LogP contribution in [0.25, 0.3) is 0 Å². The van der Waals surface area contributed by atoms with Crippen molar-refractivity contribution < 1.29 is 4.42 Å². The van der Waals surface area contributed by atoms with Crippen LogP contribution in [0, 0.1) is 6.92 Å². The highest BCUT2D eigenvalue weighted by Crippen LogP contribution is 2.14. The van der Waals surface area contributed by atoms with Gasteiger partial charge in [-0.15, -0.1) is 0 Å². The van der Waals surface area contributed by atoms with Gasteiger partial charge in [0.15, 0.2) is 0 Å². The predicted molar refractivity (Wildman–Crippen MR) is 81.5 cm³/mol. The van der Waals surface area contributed by atoms with Gasteiger partial charge in [0.1, 0.15) is 5.76 Å². The number of aromatic nitrogens is 4. The minimum Gasteiger partial charge on any atom is -0.444 e. The predicted octanol–water partition coefficient (Wildman–Crippen LogP) is 1.67. The highest BCUT2D eigenvalue weighted by molar-refractivity contribution is 5.43. The van der Waals surface area contributed by atoms with Crippen LogP contribution in [0.5, 0.6) is 0 Å². The van der Waals surface area contributed by atoms with Crippen LogP contribution in [0.3, 0.4) is 0 Å². The molecule has 0 unspecified atom stereocenters. The van der Waals surface area contributed by atoms with Crippen LogP contribution in [-0.2, 0) is 6.54 Å². The molecule has 0 saturated heterocycles. The Morgan fingerprint density at radius 3 is 2.43 bits per heavy atom. The molecule has 2 N–H and O–H groups in total. The Morgan fingerprint density at radius 2 is 1.86 bits per heavy atom. The van der Waals surface area contributed by atoms with Crippen molar-refractivity contribution in [1.29, 1.82) is 0 Å². The SMILES string of the molecule is CCN(CC)c1nc(NC)nc(NCc2ncc(C)o2)n1. The molecule has 2 heterocycles. The number of anilines is 3. The maximum absolute atomic E-state index is 5.41. The molecule has 0 radical (unpaired) electrons. The third-order valence-corrected chi connectivity index (χ3v) is 2.96. The molecule has 8 heteroatoms. The second kappa shape index (κ2) is 6.87. The van der Waals surface area contributed by atoms with E-state index in [9.17, 15) is 0 Å². The van der Waals surface area contributed by atoms with E-state index in [2.05, 4.69) is 49.3 Å². The molecule has 21 heavy (non-hydrogen) atoms. The molecule has 0 saturated carbocycles. The molecule has 0 aliphatic carbocycles. The minimum absolute atomic E-state index is 0.429. The van der Waals surface area contributed by atoms with E-state index in [1.807, 2.05) is 6.92 Å². The Bertz CT molecular complexity index is 580. The number of nitrogens with one attached hydrogen (secondary N) is 2. The third kappa shape index (κ3) is 3.80. The fourth-order valence-electron chi connectivity index (χ4n) is 1.84. The van der Waals surface area contributed by atoms with E-state index >= 15 is 0 Å². The molecule has 0 aliphatic rings. The van der Waals surface area contributed by atoms with Crippen LogP contribution in [-0.4, -0.2) is 40.1 Å². The first-order chi connectivity index (χ1) is 10.2. The molecular weight excluding hydrogens is 270 g/mol. The van der Waals surface area contributed by atoms with Crippen molar-refractivity contribution >= 4 is 17.8 Å². The van der Waals surface area contributed by atoms with E-state index in [1.54, 1.807) is 13.2 Å². The number of oxazole rings is 1. The van der Waals surface area contributed by atoms with Crippen molar-refractivity contribution in [3.8, 4) is 0 Å². The van der Waals surface area contributed by atoms with Gasteiger partial charge in [-0.1, -0.05) is 0 Å². The van der Waals surface area contributed by atoms with E-state index in [0.717, 1.165) is 18.8 Å². The maximum atomic E-state index is 5.41. The third-order valence-electron chi connectivity index (χ3n) is 2.96. The average molecular weight is 291 g/mol. The highest BCUT2D eigenvalue weighted by Gasteiger charge is 2.11. The van der Waals surface area contributed by atoms with E-state index in [0.29, 0.717) is 30.3 Å². The molecule has 0 fully saturated rings. The average Bonchev–Trinajstić information content (AvgIpc) is 2.92. The van der Waals surface area contributed by atoms with Gasteiger partial charge in [-0.3, -0.25) is 0 Å². The highest BCUT2D eigenvalue weighted by atomic mass is 16.4. The summed E-state index contributed by atoms with van der Waals surface area (Å²) in [5.41, 5.74) is 0. The van der Waals surface area contributed by atoms with Gasteiger partial charge >= 0.3 is 0 Å². The zero-order valence-corrected chi connectivity index (χ0v) is 12.8. The first kappa shape index (κ1) is 15.0. The van der Waals surface area contributed by atoms with Crippen molar-refractivity contribution in [2.45, 2.75) is 27.3 Å². The molecule has 8 nitrogen and oxygen atoms in total. The fourth-order valence-corrected chi connectivity index (χ4v) is 1.84. The van der Waals surface area contributed by atoms with E-state index < -0.39 is 0 Å². The Kier molecular flexibility index (Phi) is 4.91. The van der Waals surface area contributed by atoms with E-state index in [1.165, 1.54) is 0 Å². The van der Waals surface area contributed by atoms with Gasteiger partial charge in [-0.25, -0.2) is 4.98 Å². The largest absolute Gasteiger partial charge is 0.444 e. The van der Waals surface area contributed by atoms with Gasteiger partial charge in [-0.2, -0.15) is 15.0 Å². The summed E-state index contributed by atoms with van der Waals surface area (Å²) >= 11 is 0. The van der Waals surface area contributed by atoms with Crippen LogP contribution >= 0.6 is 0 Å². The molecular formula is C13H21N7O. The van der Waals surface area contributed by atoms with Crippen molar-refractivity contribution in [1.82, 2.24) is 19.9 Å². The molecule has 0 bridgehead atoms. The number of hydrogen-bond acceptors (Lipinski definition) is 8. The van der Waals surface area contributed by atoms with Gasteiger partial charge in [0.05, 0.1) is 12.7 Å². The Balaban J connectivity index is 2.16. The van der Waals surface area contributed by atoms with Gasteiger partial charge in [0, 0.05) is 20.1 Å². The summed E-state index contributed by atoms with van der Waals surface area (Å²) in [7, 11) is 1.78. The van der Waals surface area contributed by atoms with Crippen molar-refractivity contribution in [2.24, 2.45) is 0 Å². The number of aryl methyl sites for hydroxylation is 1. The quantitative estimate of drug-likeness (QED) is 0.796. The van der Waals surface area contributed by atoms with Crippen LogP contribution in [0.4, 0.5) is 17.8 Å². The summed E-state index contributed by atoms with van der Waals surface area (Å²) in [5.74, 6) is 3.04. The normalized spacial score (nSPS) is 10.5. The monoisotopic (exact) mass is 291 g/mol. The smallest absolute Gasteiger partial charge is 0.231 e. The second-order valence-electron chi connectivity index (χ2n) is 4.42. The lowest BCUT2D eigenvalue weighted by atomic mass is 10.5. The summed E-state index contributed by atoms with van der Waals surface area (Å²) in [6.07, 6.45) is 1.69. The van der Waals surface area contributed by atoms with Gasteiger partial charge in [0.25, 0.3) is 0 Å². The molecule has 0 amide bonds. The topological polar surface area (TPSA) is 92.0 Å². The number of nitrogens with zero attached hydrogens (tertiary/aromatic N) is 5. The Hall–Kier alpha value is -2.38. The zero-order chi connectivity index (χ0) is 15.2. The lowest BCUT2D eigenvalue weighted by Gasteiger charge is -2.19. The van der Waals surface area contributed by atoms with Gasteiger partial charge < -0.3 is 20.0 Å². The molecule has 0 spiro atoms. The summed E-state index contributed by atoms with van der Waals surface area (Å²) in [6.45, 7) is 8.09. The second-order valence-corrected chi connectivity index (χ2v) is 4.42. The lowest BCUT2D eigenvalue weighted by molar-refractivity contribution is 0.478. The zero-order valence-electron chi connectivity index (χ0n) is 12.8. The Labute approximate surface area is 124 Å². The van der Waals surface area contributed by atoms with E-state index in [4.69, 9.17) is 4.42 Å². The van der Waals surface area contributed by atoms with Crippen molar-refractivity contribution in [3.63, 3.8) is 0 Å². The standard InChI is InChI=1S/C13H21N7O/c1-5-20(6-2)13-18-11(14-4)17-12(19-13)16-8-10-15-7-9(3)21-10/h7H,5-6,8H2,1-4H3,(H2,14,16,17,18,19). The number of hydrogen-bond donors (Lipinski definition) is 2. The lowest BCUT2D eigenvalue weighted by Crippen LogP contribution is -2.25. The molecule has 0 atom stereocenters. The summed E-state index contributed by atoms with van der Waals surface area (Å²) < 4.78 is 5.41. The van der Waals surface area contributed by atoms with Gasteiger partial charge in [-0.05, 0) is 20.8 Å². The first-order valence-electron chi connectivity index (χ1n) is 7.00. The van der Waals surface area contributed by atoms with Gasteiger partial charge in [0.2, 0.25) is 23.7 Å². The molecule has 2 aromatic rings. The molecule has 2 aromatic heterocycles. The fraction of sp³-hybridized carbons (Fsp3) is 0.538.